The Balaban J connectivity index is 1.64. The van der Waals surface area contributed by atoms with E-state index in [9.17, 15) is 14.7 Å². The summed E-state index contributed by atoms with van der Waals surface area (Å²) < 4.78 is 5.71. The second-order valence-corrected chi connectivity index (χ2v) is 9.44. The van der Waals surface area contributed by atoms with Gasteiger partial charge in [-0.15, -0.1) is 0 Å². The number of likely N-dealkylation sites (tertiary alicyclic amines) is 1. The Morgan fingerprint density at radius 2 is 1.79 bits per heavy atom. The van der Waals surface area contributed by atoms with Crippen LogP contribution in [0.4, 0.5) is 5.69 Å². The first-order valence-electron chi connectivity index (χ1n) is 11.5. The van der Waals surface area contributed by atoms with E-state index in [1.807, 2.05) is 30.1 Å². The minimum Gasteiger partial charge on any atom is -0.507 e. The molecule has 0 radical (unpaired) electrons. The van der Waals surface area contributed by atoms with E-state index < -0.39 is 17.7 Å². The number of ether oxygens (including phenoxy) is 1. The fourth-order valence-electron chi connectivity index (χ4n) is 5.21. The molecule has 7 heteroatoms. The van der Waals surface area contributed by atoms with Gasteiger partial charge in [0.15, 0.2) is 0 Å². The molecule has 0 aromatic heterocycles. The van der Waals surface area contributed by atoms with Crippen LogP contribution in [-0.2, 0) is 9.59 Å². The number of halogens is 1. The average molecular weight is 467 g/mol. The predicted molar refractivity (Wildman–Crippen MR) is 128 cm³/mol. The van der Waals surface area contributed by atoms with Gasteiger partial charge in [-0.2, -0.15) is 0 Å². The third-order valence-electron chi connectivity index (χ3n) is 6.96. The Bertz CT molecular complexity index is 1120. The van der Waals surface area contributed by atoms with Crippen molar-refractivity contribution in [1.29, 1.82) is 0 Å². The number of anilines is 1. The minimum absolute atomic E-state index is 0.0238. The number of aliphatic hydroxyl groups excluding tert-OH is 1. The maximum absolute atomic E-state index is 13.3. The van der Waals surface area contributed by atoms with Gasteiger partial charge in [0.2, 0.25) is 0 Å². The third kappa shape index (κ3) is 3.86. The standard InChI is InChI=1S/C26H27ClN2O4/c1-28-13-14-33-21-12-9-17(15-20(21)28)24(30)22-23(16-7-10-18(27)11-8-16)29(26(32)25(22)31)19-5-3-2-4-6-19/h7-12,15,19,23,30H,2-6,13-14H2,1H3/b24-22-. The summed E-state index contributed by atoms with van der Waals surface area (Å²) >= 11 is 6.11. The quantitative estimate of drug-likeness (QED) is 0.395. The molecule has 2 aromatic carbocycles. The maximum atomic E-state index is 13.3. The fraction of sp³-hybridized carbons (Fsp3) is 0.385. The number of rotatable bonds is 3. The van der Waals surface area contributed by atoms with Crippen molar-refractivity contribution >= 4 is 34.7 Å². The van der Waals surface area contributed by atoms with Crippen LogP contribution in [-0.4, -0.2) is 47.9 Å². The van der Waals surface area contributed by atoms with E-state index in [2.05, 4.69) is 0 Å². The first-order chi connectivity index (χ1) is 16.0. The van der Waals surface area contributed by atoms with E-state index in [4.69, 9.17) is 16.3 Å². The first-order valence-corrected chi connectivity index (χ1v) is 11.9. The van der Waals surface area contributed by atoms with Crippen LogP contribution in [0, 0.1) is 0 Å². The number of hydrogen-bond donors (Lipinski definition) is 1. The first kappa shape index (κ1) is 21.8. The van der Waals surface area contributed by atoms with Crippen LogP contribution in [0.15, 0.2) is 48.0 Å². The molecule has 2 fully saturated rings. The summed E-state index contributed by atoms with van der Waals surface area (Å²) in [7, 11) is 1.96. The number of hydrogen-bond acceptors (Lipinski definition) is 5. The lowest BCUT2D eigenvalue weighted by Crippen LogP contribution is -2.40. The molecule has 0 bridgehead atoms. The van der Waals surface area contributed by atoms with E-state index in [0.717, 1.165) is 55.6 Å². The van der Waals surface area contributed by atoms with Crippen LogP contribution in [0.25, 0.3) is 5.76 Å². The van der Waals surface area contributed by atoms with Gasteiger partial charge in [0, 0.05) is 23.7 Å². The van der Waals surface area contributed by atoms with Crippen LogP contribution in [0.3, 0.4) is 0 Å². The molecule has 33 heavy (non-hydrogen) atoms. The summed E-state index contributed by atoms with van der Waals surface area (Å²) in [5, 5.41) is 12.0. The second-order valence-electron chi connectivity index (χ2n) is 9.00. The highest BCUT2D eigenvalue weighted by molar-refractivity contribution is 6.46. The Kier molecular flexibility index (Phi) is 5.79. The van der Waals surface area contributed by atoms with E-state index >= 15 is 0 Å². The number of amides is 1. The van der Waals surface area contributed by atoms with Gasteiger partial charge in [0.05, 0.1) is 23.8 Å². The molecule has 2 aromatic rings. The van der Waals surface area contributed by atoms with Crippen molar-refractivity contribution in [3.05, 3.63) is 64.2 Å². The lowest BCUT2D eigenvalue weighted by Gasteiger charge is -2.35. The van der Waals surface area contributed by atoms with Gasteiger partial charge < -0.3 is 19.6 Å². The van der Waals surface area contributed by atoms with Crippen molar-refractivity contribution in [2.75, 3.05) is 25.1 Å². The molecule has 172 valence electrons. The van der Waals surface area contributed by atoms with Gasteiger partial charge in [0.1, 0.15) is 18.1 Å². The van der Waals surface area contributed by atoms with Gasteiger partial charge in [0.25, 0.3) is 11.7 Å². The summed E-state index contributed by atoms with van der Waals surface area (Å²) in [6.07, 6.45) is 4.91. The Hall–Kier alpha value is -2.99. The molecule has 1 unspecified atom stereocenters. The van der Waals surface area contributed by atoms with Gasteiger partial charge in [-0.1, -0.05) is 43.0 Å². The average Bonchev–Trinajstić information content (AvgIpc) is 3.10. The lowest BCUT2D eigenvalue weighted by atomic mass is 9.91. The second kappa shape index (κ2) is 8.75. The monoisotopic (exact) mass is 466 g/mol. The summed E-state index contributed by atoms with van der Waals surface area (Å²) in [5.41, 5.74) is 2.23. The largest absolute Gasteiger partial charge is 0.507 e. The smallest absolute Gasteiger partial charge is 0.295 e. The van der Waals surface area contributed by atoms with Crippen LogP contribution < -0.4 is 9.64 Å². The number of carbonyl (C=O) groups is 2. The maximum Gasteiger partial charge on any atom is 0.295 e. The number of aliphatic hydroxyl groups is 1. The number of likely N-dealkylation sites (N-methyl/N-ethyl adjacent to an activating group) is 1. The highest BCUT2D eigenvalue weighted by Gasteiger charge is 2.48. The molecule has 1 saturated carbocycles. The number of nitrogens with zero attached hydrogens (tertiary/aromatic N) is 2. The molecule has 0 spiro atoms. The zero-order valence-electron chi connectivity index (χ0n) is 18.6. The number of benzene rings is 2. The van der Waals surface area contributed by atoms with Crippen molar-refractivity contribution in [2.24, 2.45) is 0 Å². The molecule has 6 nitrogen and oxygen atoms in total. The predicted octanol–water partition coefficient (Wildman–Crippen LogP) is 4.92. The third-order valence-corrected chi connectivity index (χ3v) is 7.21. The van der Waals surface area contributed by atoms with Gasteiger partial charge >= 0.3 is 0 Å². The summed E-state index contributed by atoms with van der Waals surface area (Å²) in [6.45, 7) is 1.33. The van der Waals surface area contributed by atoms with Crippen LogP contribution in [0.5, 0.6) is 5.75 Å². The summed E-state index contributed by atoms with van der Waals surface area (Å²) in [4.78, 5) is 30.3. The van der Waals surface area contributed by atoms with Crippen molar-refractivity contribution in [3.63, 3.8) is 0 Å². The Morgan fingerprint density at radius 3 is 2.52 bits per heavy atom. The minimum atomic E-state index is -0.643. The van der Waals surface area contributed by atoms with Crippen molar-refractivity contribution < 1.29 is 19.4 Å². The van der Waals surface area contributed by atoms with Crippen LogP contribution in [0.2, 0.25) is 5.02 Å². The van der Waals surface area contributed by atoms with Crippen molar-refractivity contribution in [3.8, 4) is 5.75 Å². The van der Waals surface area contributed by atoms with Gasteiger partial charge in [-0.05, 0) is 48.7 Å². The summed E-state index contributed by atoms with van der Waals surface area (Å²) in [5.74, 6) is -0.604. The molecule has 1 amide bonds. The van der Waals surface area contributed by atoms with Gasteiger partial charge in [-0.25, -0.2) is 0 Å². The molecule has 1 N–H and O–H groups in total. The summed E-state index contributed by atoms with van der Waals surface area (Å²) in [6, 6.07) is 11.9. The molecule has 1 saturated heterocycles. The fourth-order valence-corrected chi connectivity index (χ4v) is 5.34. The normalized spacial score (nSPS) is 22.9. The number of ketones is 1. The van der Waals surface area contributed by atoms with Gasteiger partial charge in [-0.3, -0.25) is 9.59 Å². The lowest BCUT2D eigenvalue weighted by molar-refractivity contribution is -0.141. The zero-order valence-corrected chi connectivity index (χ0v) is 19.3. The number of fused-ring (bicyclic) bond motifs is 1. The van der Waals surface area contributed by atoms with E-state index in [0.29, 0.717) is 17.2 Å². The topological polar surface area (TPSA) is 70.1 Å². The molecule has 5 rings (SSSR count). The molecular weight excluding hydrogens is 440 g/mol. The number of carbonyl (C=O) groups excluding carboxylic acids is 2. The highest BCUT2D eigenvalue weighted by atomic mass is 35.5. The van der Waals surface area contributed by atoms with Crippen molar-refractivity contribution in [2.45, 2.75) is 44.2 Å². The van der Waals surface area contributed by atoms with E-state index in [1.54, 1.807) is 29.2 Å². The van der Waals surface area contributed by atoms with E-state index in [-0.39, 0.29) is 17.4 Å². The van der Waals surface area contributed by atoms with Crippen LogP contribution in [0.1, 0.15) is 49.3 Å². The SMILES string of the molecule is CN1CCOc2ccc(/C(O)=C3/C(=O)C(=O)N(C4CCCCC4)C3c3ccc(Cl)cc3)cc21. The number of Topliss-reactive ketones (excluding diaryl/α,β-unsaturated/α-hetero) is 1. The van der Waals surface area contributed by atoms with Crippen molar-refractivity contribution in [1.82, 2.24) is 4.90 Å². The zero-order chi connectivity index (χ0) is 23.1. The molecule has 3 aliphatic rings. The Morgan fingerprint density at radius 1 is 1.06 bits per heavy atom. The molecular formula is C26H27ClN2O4. The molecule has 1 aliphatic carbocycles. The van der Waals surface area contributed by atoms with E-state index in [1.165, 1.54) is 0 Å². The highest BCUT2D eigenvalue weighted by Crippen LogP contribution is 2.44. The Labute approximate surface area is 198 Å². The molecule has 2 aliphatic heterocycles. The molecule has 1 atom stereocenters. The molecule has 2 heterocycles. The van der Waals surface area contributed by atoms with Crippen LogP contribution >= 0.6 is 11.6 Å².